The Bertz CT molecular complexity index is 1270. The Labute approximate surface area is 209 Å². The molecule has 0 aliphatic carbocycles. The van der Waals surface area contributed by atoms with Gasteiger partial charge in [-0.1, -0.05) is 54.4 Å². The van der Waals surface area contributed by atoms with Crippen molar-refractivity contribution in [3.63, 3.8) is 0 Å². The molecule has 2 aromatic heterocycles. The minimum atomic E-state index is 0.600. The number of fused-ring (bicyclic) bond motifs is 1. The van der Waals surface area contributed by atoms with E-state index in [9.17, 15) is 0 Å². The number of halogens is 2. The van der Waals surface area contributed by atoms with Gasteiger partial charge >= 0.3 is 0 Å². The smallest absolute Gasteiger partial charge is 0.170 e. The lowest BCUT2D eigenvalue weighted by Crippen LogP contribution is -2.47. The van der Waals surface area contributed by atoms with E-state index in [2.05, 4.69) is 48.7 Å². The van der Waals surface area contributed by atoms with E-state index in [0.717, 1.165) is 79.9 Å². The Hall–Kier alpha value is -2.87. The highest BCUT2D eigenvalue weighted by molar-refractivity contribution is 6.43. The lowest BCUT2D eigenvalue weighted by Gasteiger charge is -2.36. The lowest BCUT2D eigenvalue weighted by molar-refractivity contribution is 0.267. The molecule has 1 saturated heterocycles. The number of aromatic nitrogens is 4. The molecule has 1 N–H and O–H groups in total. The van der Waals surface area contributed by atoms with Crippen LogP contribution in [0.5, 0.6) is 0 Å². The van der Waals surface area contributed by atoms with E-state index < -0.39 is 0 Å². The van der Waals surface area contributed by atoms with Gasteiger partial charge in [0.25, 0.3) is 0 Å². The number of aryl methyl sites for hydroxylation is 1. The maximum atomic E-state index is 6.41. The summed E-state index contributed by atoms with van der Waals surface area (Å²) in [6, 6.07) is 16.0. The predicted octanol–water partition coefficient (Wildman–Crippen LogP) is 4.92. The van der Waals surface area contributed by atoms with E-state index in [1.54, 1.807) is 6.33 Å². The van der Waals surface area contributed by atoms with Gasteiger partial charge < -0.3 is 10.2 Å². The second kappa shape index (κ2) is 10.2. The van der Waals surface area contributed by atoms with Crippen LogP contribution < -0.4 is 10.2 Å². The summed E-state index contributed by atoms with van der Waals surface area (Å²) in [5, 5.41) is 4.72. The van der Waals surface area contributed by atoms with Crippen molar-refractivity contribution in [3.05, 3.63) is 70.7 Å². The molecule has 0 saturated carbocycles. The van der Waals surface area contributed by atoms with Gasteiger partial charge in [0, 0.05) is 51.4 Å². The van der Waals surface area contributed by atoms with E-state index in [1.807, 2.05) is 36.4 Å². The van der Waals surface area contributed by atoms with Gasteiger partial charge in [0.15, 0.2) is 17.0 Å². The van der Waals surface area contributed by atoms with Gasteiger partial charge in [-0.15, -0.1) is 0 Å². The Kier molecular flexibility index (Phi) is 6.85. The van der Waals surface area contributed by atoms with E-state index in [-0.39, 0.29) is 0 Å². The van der Waals surface area contributed by atoms with Gasteiger partial charge in [-0.25, -0.2) is 15.0 Å². The van der Waals surface area contributed by atoms with E-state index in [4.69, 9.17) is 28.2 Å². The fraction of sp³-hybridized carbons (Fsp3) is 0.320. The van der Waals surface area contributed by atoms with Gasteiger partial charge in [0.1, 0.15) is 12.2 Å². The van der Waals surface area contributed by atoms with Crippen molar-refractivity contribution in [1.29, 1.82) is 0 Å². The first kappa shape index (κ1) is 22.9. The van der Waals surface area contributed by atoms with Crippen LogP contribution in [-0.2, 0) is 6.42 Å². The molecule has 3 heterocycles. The summed E-state index contributed by atoms with van der Waals surface area (Å²) in [6.45, 7) is 7.57. The normalized spacial score (nSPS) is 14.6. The summed E-state index contributed by atoms with van der Waals surface area (Å²) in [4.78, 5) is 18.6. The maximum Gasteiger partial charge on any atom is 0.170 e. The molecule has 7 nitrogen and oxygen atoms in total. The maximum absolute atomic E-state index is 6.41. The average Bonchev–Trinajstić information content (AvgIpc) is 3.26. The minimum absolute atomic E-state index is 0.600. The molecule has 9 heteroatoms. The summed E-state index contributed by atoms with van der Waals surface area (Å²) in [5.41, 5.74) is 3.71. The molecule has 0 radical (unpaired) electrons. The highest BCUT2D eigenvalue weighted by atomic mass is 35.5. The molecule has 2 aromatic carbocycles. The molecule has 1 fully saturated rings. The van der Waals surface area contributed by atoms with Crippen molar-refractivity contribution in [1.82, 2.24) is 24.4 Å². The summed E-state index contributed by atoms with van der Waals surface area (Å²) in [5.74, 6) is 1.75. The van der Waals surface area contributed by atoms with Crippen molar-refractivity contribution < 1.29 is 0 Å². The predicted molar refractivity (Wildman–Crippen MR) is 140 cm³/mol. The molecule has 176 valence electrons. The first-order valence-electron chi connectivity index (χ1n) is 11.6. The zero-order valence-electron chi connectivity index (χ0n) is 19.1. The van der Waals surface area contributed by atoms with Gasteiger partial charge in [0.05, 0.1) is 15.7 Å². The largest absolute Gasteiger partial charge is 0.368 e. The van der Waals surface area contributed by atoms with Crippen molar-refractivity contribution in [2.75, 3.05) is 49.5 Å². The number of nitrogens with one attached hydrogen (secondary N) is 1. The summed E-state index contributed by atoms with van der Waals surface area (Å²) in [6.07, 6.45) is 2.42. The Balaban J connectivity index is 1.23. The van der Waals surface area contributed by atoms with Gasteiger partial charge in [-0.2, -0.15) is 0 Å². The molecular formula is C25H27Cl2N7. The lowest BCUT2D eigenvalue weighted by atomic mass is 10.2. The number of imidazole rings is 1. The molecule has 34 heavy (non-hydrogen) atoms. The number of benzene rings is 2. The van der Waals surface area contributed by atoms with E-state index in [1.165, 1.54) is 0 Å². The molecule has 0 atom stereocenters. The summed E-state index contributed by atoms with van der Waals surface area (Å²) < 4.78 is 2.11. The molecule has 5 rings (SSSR count). The number of hydrogen-bond donors (Lipinski definition) is 1. The van der Waals surface area contributed by atoms with Crippen LogP contribution in [0.1, 0.15) is 12.7 Å². The first-order chi connectivity index (χ1) is 16.7. The molecule has 1 aliphatic heterocycles. The number of hydrogen-bond acceptors (Lipinski definition) is 6. The second-order valence-corrected chi connectivity index (χ2v) is 9.06. The molecule has 0 amide bonds. The quantitative estimate of drug-likeness (QED) is 0.392. The van der Waals surface area contributed by atoms with Crippen LogP contribution in [0.4, 0.5) is 11.5 Å². The zero-order chi connectivity index (χ0) is 23.5. The summed E-state index contributed by atoms with van der Waals surface area (Å²) in [7, 11) is 0. The number of para-hydroxylation sites is 1. The standard InChI is InChI=1S/C25H27Cl2N7/c1-2-21-31-23-24(29-17-30-25(23)34(21)18-7-4-3-5-8-18)28-11-12-32-13-15-33(16-14-32)20-10-6-9-19(26)22(20)27/h3-10,17H,2,11-16H2,1H3,(H,28,29,30). The van der Waals surface area contributed by atoms with Crippen LogP contribution in [0.3, 0.4) is 0 Å². The highest BCUT2D eigenvalue weighted by Gasteiger charge is 2.20. The highest BCUT2D eigenvalue weighted by Crippen LogP contribution is 2.33. The van der Waals surface area contributed by atoms with Crippen LogP contribution in [0, 0.1) is 0 Å². The topological polar surface area (TPSA) is 62.1 Å². The van der Waals surface area contributed by atoms with Crippen LogP contribution in [-0.4, -0.2) is 63.7 Å². The SMILES string of the molecule is CCc1nc2c(NCCN3CCN(c4cccc(Cl)c4Cl)CC3)ncnc2n1-c1ccccc1. The average molecular weight is 496 g/mol. The molecule has 1 aliphatic rings. The number of piperazine rings is 1. The third-order valence-electron chi connectivity index (χ3n) is 6.21. The molecule has 4 aromatic rings. The Morgan fingerprint density at radius 3 is 2.50 bits per heavy atom. The molecule has 0 spiro atoms. The Morgan fingerprint density at radius 1 is 0.941 bits per heavy atom. The third kappa shape index (κ3) is 4.56. The summed E-state index contributed by atoms with van der Waals surface area (Å²) >= 11 is 12.6. The Morgan fingerprint density at radius 2 is 1.74 bits per heavy atom. The zero-order valence-corrected chi connectivity index (χ0v) is 20.6. The van der Waals surface area contributed by atoms with Crippen molar-refractivity contribution in [3.8, 4) is 5.69 Å². The van der Waals surface area contributed by atoms with Crippen molar-refractivity contribution in [2.24, 2.45) is 0 Å². The van der Waals surface area contributed by atoms with E-state index >= 15 is 0 Å². The fourth-order valence-electron chi connectivity index (χ4n) is 4.43. The minimum Gasteiger partial charge on any atom is -0.368 e. The van der Waals surface area contributed by atoms with Crippen LogP contribution in [0.25, 0.3) is 16.9 Å². The first-order valence-corrected chi connectivity index (χ1v) is 12.3. The fourth-order valence-corrected chi connectivity index (χ4v) is 4.85. The molecular weight excluding hydrogens is 469 g/mol. The van der Waals surface area contributed by atoms with Gasteiger partial charge in [-0.3, -0.25) is 9.47 Å². The van der Waals surface area contributed by atoms with Crippen molar-refractivity contribution >= 4 is 45.9 Å². The van der Waals surface area contributed by atoms with Crippen molar-refractivity contribution in [2.45, 2.75) is 13.3 Å². The van der Waals surface area contributed by atoms with Gasteiger partial charge in [-0.05, 0) is 24.3 Å². The van der Waals surface area contributed by atoms with Crippen LogP contribution >= 0.6 is 23.2 Å². The number of rotatable bonds is 7. The van der Waals surface area contributed by atoms with E-state index in [0.29, 0.717) is 10.0 Å². The molecule has 0 bridgehead atoms. The van der Waals surface area contributed by atoms with Crippen LogP contribution in [0.15, 0.2) is 54.9 Å². The monoisotopic (exact) mass is 495 g/mol. The number of anilines is 2. The third-order valence-corrected chi connectivity index (χ3v) is 7.02. The van der Waals surface area contributed by atoms with Gasteiger partial charge in [0.2, 0.25) is 0 Å². The molecule has 0 unspecified atom stereocenters. The number of nitrogens with zero attached hydrogens (tertiary/aromatic N) is 6. The van der Waals surface area contributed by atoms with Crippen LogP contribution in [0.2, 0.25) is 10.0 Å². The second-order valence-electron chi connectivity index (χ2n) is 8.28.